The molecule has 2 heterocycles. The molecular weight excluding hydrogens is 248 g/mol. The number of nitrogens with zero attached hydrogens (tertiary/aromatic N) is 4. The van der Waals surface area contributed by atoms with Crippen molar-refractivity contribution in [3.63, 3.8) is 0 Å². The Morgan fingerprint density at radius 2 is 1.75 bits per heavy atom. The van der Waals surface area contributed by atoms with Crippen LogP contribution in [0.4, 0.5) is 0 Å². The number of hydrogen-bond donors (Lipinski definition) is 0. The lowest BCUT2D eigenvalue weighted by Crippen LogP contribution is -2.23. The van der Waals surface area contributed by atoms with E-state index >= 15 is 0 Å². The molecule has 0 bridgehead atoms. The first kappa shape index (κ1) is 16.6. The van der Waals surface area contributed by atoms with Crippen LogP contribution in [0.3, 0.4) is 0 Å². The monoisotopic (exact) mass is 279 g/mol. The Balaban J connectivity index is 0.000000200. The van der Waals surface area contributed by atoms with Crippen LogP contribution in [-0.4, -0.2) is 34.6 Å². The van der Waals surface area contributed by atoms with Gasteiger partial charge < -0.3 is 9.80 Å². The van der Waals surface area contributed by atoms with Gasteiger partial charge in [-0.3, -0.25) is 0 Å². The summed E-state index contributed by atoms with van der Waals surface area (Å²) < 4.78 is 4.28. The number of hydrogen-bond acceptors (Lipinski definition) is 2. The SMILES string of the molecule is CCCCN1C=CN(C)C1.CCCCn1cc[n+](C)c1. The van der Waals surface area contributed by atoms with Crippen molar-refractivity contribution >= 4 is 0 Å². The topological polar surface area (TPSA) is 15.3 Å². The third kappa shape index (κ3) is 6.64. The molecule has 0 aliphatic carbocycles. The van der Waals surface area contributed by atoms with E-state index in [9.17, 15) is 0 Å². The molecular formula is C16H31N4+. The number of unbranched alkanes of at least 4 members (excludes halogenated alkanes) is 2. The highest BCUT2D eigenvalue weighted by atomic mass is 15.3. The number of rotatable bonds is 6. The second-order valence-corrected chi connectivity index (χ2v) is 5.53. The fraction of sp³-hybridized carbons (Fsp3) is 0.688. The average Bonchev–Trinajstić information content (AvgIpc) is 3.03. The Morgan fingerprint density at radius 1 is 1.05 bits per heavy atom. The third-order valence-corrected chi connectivity index (χ3v) is 3.33. The first-order valence-electron chi connectivity index (χ1n) is 7.79. The first-order chi connectivity index (χ1) is 9.65. The van der Waals surface area contributed by atoms with Crippen LogP contribution in [0.5, 0.6) is 0 Å². The number of aromatic nitrogens is 2. The zero-order valence-corrected chi connectivity index (χ0v) is 13.6. The summed E-state index contributed by atoms with van der Waals surface area (Å²) in [5.41, 5.74) is 0. The maximum absolute atomic E-state index is 2.34. The van der Waals surface area contributed by atoms with Crippen molar-refractivity contribution in [1.82, 2.24) is 14.4 Å². The summed E-state index contributed by atoms with van der Waals surface area (Å²) in [5.74, 6) is 0. The van der Waals surface area contributed by atoms with Gasteiger partial charge in [0.1, 0.15) is 12.4 Å². The van der Waals surface area contributed by atoms with Gasteiger partial charge in [-0.25, -0.2) is 9.13 Å². The van der Waals surface area contributed by atoms with E-state index in [1.807, 2.05) is 7.05 Å². The van der Waals surface area contributed by atoms with Crippen molar-refractivity contribution < 1.29 is 4.57 Å². The molecule has 0 saturated heterocycles. The van der Waals surface area contributed by atoms with E-state index in [2.05, 4.69) is 71.0 Å². The highest BCUT2D eigenvalue weighted by Gasteiger charge is 2.05. The fourth-order valence-corrected chi connectivity index (χ4v) is 2.07. The average molecular weight is 279 g/mol. The van der Waals surface area contributed by atoms with Gasteiger partial charge >= 0.3 is 0 Å². The van der Waals surface area contributed by atoms with Crippen LogP contribution in [0.25, 0.3) is 0 Å². The summed E-state index contributed by atoms with van der Waals surface area (Å²) >= 11 is 0. The van der Waals surface area contributed by atoms with Gasteiger partial charge in [0.15, 0.2) is 0 Å². The fourth-order valence-electron chi connectivity index (χ4n) is 2.07. The van der Waals surface area contributed by atoms with E-state index in [1.165, 1.54) is 32.2 Å². The minimum atomic E-state index is 1.07. The molecule has 0 N–H and O–H groups in total. The van der Waals surface area contributed by atoms with E-state index in [0.717, 1.165) is 13.2 Å². The molecule has 20 heavy (non-hydrogen) atoms. The summed E-state index contributed by atoms with van der Waals surface area (Å²) in [5, 5.41) is 0. The lowest BCUT2D eigenvalue weighted by atomic mass is 10.3. The van der Waals surface area contributed by atoms with Crippen LogP contribution in [0.15, 0.2) is 31.1 Å². The van der Waals surface area contributed by atoms with Crippen LogP contribution in [0.2, 0.25) is 0 Å². The van der Waals surface area contributed by atoms with E-state index in [1.54, 1.807) is 0 Å². The molecule has 0 spiro atoms. The smallest absolute Gasteiger partial charge is 0.243 e. The van der Waals surface area contributed by atoms with Gasteiger partial charge in [0.05, 0.1) is 20.3 Å². The van der Waals surface area contributed by atoms with Crippen LogP contribution in [0, 0.1) is 0 Å². The van der Waals surface area contributed by atoms with Crippen molar-refractivity contribution in [2.24, 2.45) is 7.05 Å². The molecule has 0 radical (unpaired) electrons. The summed E-state index contributed by atoms with van der Waals surface area (Å²) in [6, 6.07) is 0. The molecule has 0 saturated carbocycles. The molecule has 0 amide bonds. The Hall–Kier alpha value is -1.45. The molecule has 114 valence electrons. The maximum Gasteiger partial charge on any atom is 0.243 e. The molecule has 4 nitrogen and oxygen atoms in total. The molecule has 0 aromatic carbocycles. The van der Waals surface area contributed by atoms with Crippen LogP contribution >= 0.6 is 0 Å². The van der Waals surface area contributed by atoms with E-state index < -0.39 is 0 Å². The molecule has 2 rings (SSSR count). The Bertz CT molecular complexity index is 384. The van der Waals surface area contributed by atoms with Gasteiger partial charge in [-0.15, -0.1) is 0 Å². The Labute approximate surface area is 124 Å². The van der Waals surface area contributed by atoms with Gasteiger partial charge in [-0.05, 0) is 12.8 Å². The molecule has 1 aromatic rings. The summed E-state index contributed by atoms with van der Waals surface area (Å²) in [6.07, 6.45) is 15.7. The summed E-state index contributed by atoms with van der Waals surface area (Å²) in [6.45, 7) is 7.86. The van der Waals surface area contributed by atoms with Crippen LogP contribution in [0.1, 0.15) is 39.5 Å². The molecule has 4 heteroatoms. The lowest BCUT2D eigenvalue weighted by molar-refractivity contribution is -0.671. The zero-order valence-electron chi connectivity index (χ0n) is 13.6. The van der Waals surface area contributed by atoms with Gasteiger partial charge in [0, 0.05) is 26.0 Å². The van der Waals surface area contributed by atoms with Gasteiger partial charge in [0.25, 0.3) is 0 Å². The lowest BCUT2D eigenvalue weighted by Gasteiger charge is -2.17. The second kappa shape index (κ2) is 9.45. The zero-order chi connectivity index (χ0) is 14.8. The molecule has 0 unspecified atom stereocenters. The Morgan fingerprint density at radius 3 is 2.25 bits per heavy atom. The quantitative estimate of drug-likeness (QED) is 0.744. The summed E-state index contributed by atoms with van der Waals surface area (Å²) in [4.78, 5) is 4.53. The maximum atomic E-state index is 2.34. The summed E-state index contributed by atoms with van der Waals surface area (Å²) in [7, 11) is 4.14. The number of aryl methyl sites for hydroxylation is 2. The number of imidazole rings is 1. The molecule has 1 aliphatic heterocycles. The molecule has 0 fully saturated rings. The van der Waals surface area contributed by atoms with Gasteiger partial charge in [-0.2, -0.15) is 0 Å². The van der Waals surface area contributed by atoms with E-state index in [4.69, 9.17) is 0 Å². The predicted molar refractivity (Wildman–Crippen MR) is 83.9 cm³/mol. The second-order valence-electron chi connectivity index (χ2n) is 5.53. The van der Waals surface area contributed by atoms with Gasteiger partial charge in [0.2, 0.25) is 6.33 Å². The van der Waals surface area contributed by atoms with Crippen LogP contribution < -0.4 is 4.57 Å². The van der Waals surface area contributed by atoms with Crippen molar-refractivity contribution in [2.75, 3.05) is 20.3 Å². The van der Waals surface area contributed by atoms with Crippen molar-refractivity contribution in [2.45, 2.75) is 46.1 Å². The molecule has 1 aromatic heterocycles. The highest BCUT2D eigenvalue weighted by molar-refractivity contribution is 4.88. The molecule has 1 aliphatic rings. The first-order valence-corrected chi connectivity index (χ1v) is 7.79. The van der Waals surface area contributed by atoms with Crippen molar-refractivity contribution in [1.29, 1.82) is 0 Å². The van der Waals surface area contributed by atoms with E-state index in [0.29, 0.717) is 0 Å². The Kier molecular flexibility index (Phi) is 7.85. The largest absolute Gasteiger partial charge is 0.362 e. The third-order valence-electron chi connectivity index (χ3n) is 3.33. The predicted octanol–water partition coefficient (Wildman–Crippen LogP) is 2.58. The van der Waals surface area contributed by atoms with Crippen molar-refractivity contribution in [3.05, 3.63) is 31.1 Å². The van der Waals surface area contributed by atoms with E-state index in [-0.39, 0.29) is 0 Å². The highest BCUT2D eigenvalue weighted by Crippen LogP contribution is 2.04. The minimum Gasteiger partial charge on any atom is -0.362 e. The normalized spacial score (nSPS) is 13.6. The standard InChI is InChI=1S/C8H16N2.C8H15N2/c2*1-3-4-5-10-7-6-9(2)8-10/h6-7H,3-5,8H2,1-2H3;6-8H,3-5H2,1-2H3/q;+1. The minimum absolute atomic E-state index is 1.07. The van der Waals surface area contributed by atoms with Crippen molar-refractivity contribution in [3.8, 4) is 0 Å². The van der Waals surface area contributed by atoms with Gasteiger partial charge in [-0.1, -0.05) is 26.7 Å². The molecule has 0 atom stereocenters. The van der Waals surface area contributed by atoms with Crippen LogP contribution in [-0.2, 0) is 13.6 Å².